The molecule has 0 saturated heterocycles. The van der Waals surface area contributed by atoms with E-state index >= 15 is 0 Å². The molecule has 4 aromatic rings. The Kier molecular flexibility index (Phi) is 7.13. The number of carbonyl (C=O) groups excluding carboxylic acids is 2. The second-order valence-electron chi connectivity index (χ2n) is 7.50. The second kappa shape index (κ2) is 10.8. The van der Waals surface area contributed by atoms with Crippen LogP contribution < -0.4 is 15.6 Å². The van der Waals surface area contributed by atoms with Gasteiger partial charge >= 0.3 is 0 Å². The normalized spacial score (nSPS) is 10.5. The van der Waals surface area contributed by atoms with E-state index in [2.05, 4.69) is 10.9 Å². The van der Waals surface area contributed by atoms with Gasteiger partial charge in [-0.05, 0) is 41.0 Å². The fraction of sp³-hybridized carbons (Fsp3) is 0.0714. The van der Waals surface area contributed by atoms with E-state index in [1.807, 2.05) is 91.0 Å². The zero-order chi connectivity index (χ0) is 22.9. The molecular formula is C28H24N2O3. The number of rotatable bonds is 7. The maximum absolute atomic E-state index is 13.0. The molecule has 0 heterocycles. The van der Waals surface area contributed by atoms with Crippen LogP contribution in [0.2, 0.25) is 0 Å². The molecule has 0 unspecified atom stereocenters. The highest BCUT2D eigenvalue weighted by Crippen LogP contribution is 2.24. The Bertz CT molecular complexity index is 1140. The molecule has 0 aliphatic rings. The van der Waals surface area contributed by atoms with E-state index in [-0.39, 0.29) is 5.91 Å². The zero-order valence-electron chi connectivity index (χ0n) is 18.0. The lowest BCUT2D eigenvalue weighted by molar-refractivity contribution is -0.122. The summed E-state index contributed by atoms with van der Waals surface area (Å²) in [7, 11) is 0. The first-order chi connectivity index (χ1) is 16.2. The van der Waals surface area contributed by atoms with Crippen molar-refractivity contribution in [1.29, 1.82) is 0 Å². The Hall–Kier alpha value is -4.38. The fourth-order valence-electron chi connectivity index (χ4n) is 3.49. The van der Waals surface area contributed by atoms with Gasteiger partial charge in [-0.25, -0.2) is 0 Å². The van der Waals surface area contributed by atoms with Gasteiger partial charge in [-0.2, -0.15) is 0 Å². The summed E-state index contributed by atoms with van der Waals surface area (Å²) in [6.45, 7) is 0.447. The van der Waals surface area contributed by atoms with E-state index in [4.69, 9.17) is 4.74 Å². The molecule has 0 radical (unpaired) electrons. The van der Waals surface area contributed by atoms with Gasteiger partial charge in [0.1, 0.15) is 12.4 Å². The lowest BCUT2D eigenvalue weighted by atomic mass is 9.91. The predicted octanol–water partition coefficient (Wildman–Crippen LogP) is 4.86. The summed E-state index contributed by atoms with van der Waals surface area (Å²) >= 11 is 0. The number of benzene rings is 4. The number of amides is 2. The van der Waals surface area contributed by atoms with Gasteiger partial charge in [0.15, 0.2) is 0 Å². The number of carbonyl (C=O) groups is 2. The molecule has 164 valence electrons. The lowest BCUT2D eigenvalue weighted by Crippen LogP contribution is -2.44. The van der Waals surface area contributed by atoms with E-state index in [0.29, 0.717) is 17.9 Å². The zero-order valence-corrected chi connectivity index (χ0v) is 18.0. The number of hydrogen-bond donors (Lipinski definition) is 2. The molecule has 33 heavy (non-hydrogen) atoms. The summed E-state index contributed by atoms with van der Waals surface area (Å²) in [6.07, 6.45) is 0. The van der Waals surface area contributed by atoms with Crippen molar-refractivity contribution in [3.63, 3.8) is 0 Å². The van der Waals surface area contributed by atoms with E-state index in [1.54, 1.807) is 24.3 Å². The van der Waals surface area contributed by atoms with Crippen LogP contribution in [0.1, 0.15) is 33.0 Å². The van der Waals surface area contributed by atoms with Crippen LogP contribution in [0.15, 0.2) is 115 Å². The maximum atomic E-state index is 13.0. The molecule has 4 rings (SSSR count). The summed E-state index contributed by atoms with van der Waals surface area (Å²) in [6, 6.07) is 35.6. The van der Waals surface area contributed by atoms with Crippen LogP contribution in [-0.4, -0.2) is 11.8 Å². The quantitative estimate of drug-likeness (QED) is 0.407. The van der Waals surface area contributed by atoms with Crippen LogP contribution in [-0.2, 0) is 11.4 Å². The minimum absolute atomic E-state index is 0.316. The lowest BCUT2D eigenvalue weighted by Gasteiger charge is -2.18. The summed E-state index contributed by atoms with van der Waals surface area (Å²) in [4.78, 5) is 25.6. The molecule has 2 N–H and O–H groups in total. The van der Waals surface area contributed by atoms with Gasteiger partial charge in [0, 0.05) is 5.56 Å². The van der Waals surface area contributed by atoms with Gasteiger partial charge in [0.05, 0.1) is 5.92 Å². The van der Waals surface area contributed by atoms with Gasteiger partial charge in [0.25, 0.3) is 5.91 Å². The van der Waals surface area contributed by atoms with Crippen molar-refractivity contribution in [1.82, 2.24) is 10.9 Å². The Morgan fingerprint density at radius 2 is 1.15 bits per heavy atom. The smallest absolute Gasteiger partial charge is 0.269 e. The van der Waals surface area contributed by atoms with Crippen LogP contribution in [0.25, 0.3) is 0 Å². The van der Waals surface area contributed by atoms with Crippen molar-refractivity contribution in [2.45, 2.75) is 12.5 Å². The molecular weight excluding hydrogens is 412 g/mol. The van der Waals surface area contributed by atoms with Crippen LogP contribution in [0, 0.1) is 0 Å². The summed E-state index contributed by atoms with van der Waals surface area (Å²) in [5.41, 5.74) is 8.25. The highest BCUT2D eigenvalue weighted by Gasteiger charge is 2.23. The topological polar surface area (TPSA) is 67.4 Å². The fourth-order valence-corrected chi connectivity index (χ4v) is 3.49. The largest absolute Gasteiger partial charge is 0.489 e. The Balaban J connectivity index is 1.37. The molecule has 0 saturated carbocycles. The molecule has 0 fully saturated rings. The molecule has 0 atom stereocenters. The average Bonchev–Trinajstić information content (AvgIpc) is 2.88. The van der Waals surface area contributed by atoms with Gasteiger partial charge in [-0.1, -0.05) is 91.0 Å². The van der Waals surface area contributed by atoms with Gasteiger partial charge in [-0.15, -0.1) is 0 Å². The molecule has 2 amide bonds. The Morgan fingerprint density at radius 1 is 0.636 bits per heavy atom. The number of hydrazine groups is 1. The first-order valence-electron chi connectivity index (χ1n) is 10.7. The molecule has 0 aromatic heterocycles. The summed E-state index contributed by atoms with van der Waals surface area (Å²) < 4.78 is 5.75. The molecule has 5 heteroatoms. The third kappa shape index (κ3) is 5.86. The van der Waals surface area contributed by atoms with Crippen molar-refractivity contribution in [2.75, 3.05) is 0 Å². The van der Waals surface area contributed by atoms with Crippen LogP contribution in [0.3, 0.4) is 0 Å². The molecule has 0 aliphatic heterocycles. The molecule has 0 bridgehead atoms. The Labute approximate surface area is 193 Å². The van der Waals surface area contributed by atoms with Crippen LogP contribution >= 0.6 is 0 Å². The second-order valence-corrected chi connectivity index (χ2v) is 7.50. The number of ether oxygens (including phenoxy) is 1. The highest BCUT2D eigenvalue weighted by molar-refractivity contribution is 5.96. The summed E-state index contributed by atoms with van der Waals surface area (Å²) in [5, 5.41) is 0. The third-order valence-corrected chi connectivity index (χ3v) is 5.19. The summed E-state index contributed by atoms with van der Waals surface area (Å²) in [5.74, 6) is -0.601. The van der Waals surface area contributed by atoms with Gasteiger partial charge < -0.3 is 4.74 Å². The minimum Gasteiger partial charge on any atom is -0.489 e. The maximum Gasteiger partial charge on any atom is 0.269 e. The standard InChI is InChI=1S/C28H24N2O3/c31-27(24-16-18-25(19-17-24)33-20-21-10-4-1-5-11-21)29-30-28(32)26(22-12-6-2-7-13-22)23-14-8-3-9-15-23/h1-19,26H,20H2,(H,29,31)(H,30,32). The van der Waals surface area contributed by atoms with Gasteiger partial charge in [0.2, 0.25) is 5.91 Å². The predicted molar refractivity (Wildman–Crippen MR) is 128 cm³/mol. The SMILES string of the molecule is O=C(NNC(=O)C(c1ccccc1)c1ccccc1)c1ccc(OCc2ccccc2)cc1. The highest BCUT2D eigenvalue weighted by atomic mass is 16.5. The molecule has 0 aliphatic carbocycles. The molecule has 4 aromatic carbocycles. The van der Waals surface area contributed by atoms with E-state index in [0.717, 1.165) is 16.7 Å². The average molecular weight is 437 g/mol. The van der Waals surface area contributed by atoms with Crippen LogP contribution in [0.4, 0.5) is 0 Å². The number of nitrogens with one attached hydrogen (secondary N) is 2. The van der Waals surface area contributed by atoms with Gasteiger partial charge in [-0.3, -0.25) is 20.4 Å². The van der Waals surface area contributed by atoms with Crippen molar-refractivity contribution in [3.05, 3.63) is 138 Å². The van der Waals surface area contributed by atoms with E-state index in [1.165, 1.54) is 0 Å². The third-order valence-electron chi connectivity index (χ3n) is 5.19. The minimum atomic E-state index is -0.540. The van der Waals surface area contributed by atoms with Crippen molar-refractivity contribution in [3.8, 4) is 5.75 Å². The van der Waals surface area contributed by atoms with E-state index in [9.17, 15) is 9.59 Å². The number of hydrogen-bond acceptors (Lipinski definition) is 3. The molecule has 5 nitrogen and oxygen atoms in total. The van der Waals surface area contributed by atoms with E-state index < -0.39 is 11.8 Å². The first kappa shape index (κ1) is 21.8. The Morgan fingerprint density at radius 3 is 1.70 bits per heavy atom. The van der Waals surface area contributed by atoms with Crippen molar-refractivity contribution < 1.29 is 14.3 Å². The first-order valence-corrected chi connectivity index (χ1v) is 10.7. The van der Waals surface area contributed by atoms with Crippen molar-refractivity contribution in [2.24, 2.45) is 0 Å². The van der Waals surface area contributed by atoms with Crippen molar-refractivity contribution >= 4 is 11.8 Å². The van der Waals surface area contributed by atoms with Crippen LogP contribution in [0.5, 0.6) is 5.75 Å². The monoisotopic (exact) mass is 436 g/mol. The molecule has 0 spiro atoms.